The van der Waals surface area contributed by atoms with Crippen molar-refractivity contribution >= 4 is 35.3 Å². The average molecular weight is 514 g/mol. The van der Waals surface area contributed by atoms with Gasteiger partial charge in [0, 0.05) is 16.0 Å². The average Bonchev–Trinajstić information content (AvgIpc) is 3.46. The van der Waals surface area contributed by atoms with Gasteiger partial charge in [0.05, 0.1) is 11.8 Å². The van der Waals surface area contributed by atoms with Crippen LogP contribution in [0.3, 0.4) is 0 Å². The molecular weight excluding hydrogens is 489 g/mol. The first kappa shape index (κ1) is 23.9. The van der Waals surface area contributed by atoms with Gasteiger partial charge in [0.25, 0.3) is 0 Å². The Morgan fingerprint density at radius 2 is 1.90 bits per heavy atom. The summed E-state index contributed by atoms with van der Waals surface area (Å²) in [5.41, 5.74) is 0.127. The highest BCUT2D eigenvalue weighted by molar-refractivity contribution is 9.10. The zero-order valence-electron chi connectivity index (χ0n) is 17.6. The minimum atomic E-state index is -4.66. The van der Waals surface area contributed by atoms with Crippen molar-refractivity contribution < 1.29 is 33.2 Å². The number of carbonyl (C=O) groups is 2. The van der Waals surface area contributed by atoms with Crippen molar-refractivity contribution in [2.45, 2.75) is 57.5 Å². The molecule has 0 aliphatic heterocycles. The zero-order chi connectivity index (χ0) is 23.0. The van der Waals surface area contributed by atoms with Crippen molar-refractivity contribution in [1.82, 2.24) is 5.16 Å². The Morgan fingerprint density at radius 1 is 1.26 bits per heavy atom. The zero-order valence-corrected chi connectivity index (χ0v) is 20.0. The number of carbonyl (C=O) groups excluding carboxylic acids is 2. The summed E-state index contributed by atoms with van der Waals surface area (Å²) >= 11 is 3.35. The molecule has 1 aliphatic carbocycles. The molecule has 0 radical (unpaired) electrons. The second-order valence-corrected chi connectivity index (χ2v) is 10.4. The maximum atomic E-state index is 13.8. The number of benzene rings is 1. The number of ketones is 1. The number of rotatable bonds is 9. The van der Waals surface area contributed by atoms with Gasteiger partial charge in [-0.3, -0.25) is 9.36 Å². The monoisotopic (exact) mass is 513 g/mol. The summed E-state index contributed by atoms with van der Waals surface area (Å²) < 4.78 is 23.6. The van der Waals surface area contributed by atoms with E-state index in [-0.39, 0.29) is 47.8 Å². The van der Waals surface area contributed by atoms with E-state index < -0.39 is 24.5 Å². The van der Waals surface area contributed by atoms with E-state index in [1.54, 1.807) is 32.9 Å². The minimum absolute atomic E-state index is 0.0105. The SMILES string of the molecule is CCOC(=O)c1noc(C2CC2)c1C(=O)c1ccc(Br)cc1C(CC)(CC)P(=O)(O)O. The molecule has 0 unspecified atom stereocenters. The number of hydrogen-bond acceptors (Lipinski definition) is 6. The van der Waals surface area contributed by atoms with Crippen LogP contribution in [-0.2, 0) is 14.5 Å². The predicted molar refractivity (Wildman–Crippen MR) is 116 cm³/mol. The van der Waals surface area contributed by atoms with E-state index in [4.69, 9.17) is 9.26 Å². The molecule has 2 aromatic rings. The fraction of sp³-hybridized carbons (Fsp3) is 0.476. The highest BCUT2D eigenvalue weighted by Gasteiger charge is 2.48. The fourth-order valence-corrected chi connectivity index (χ4v) is 5.60. The van der Waals surface area contributed by atoms with E-state index in [1.807, 2.05) is 0 Å². The highest BCUT2D eigenvalue weighted by atomic mass is 79.9. The van der Waals surface area contributed by atoms with Crippen molar-refractivity contribution in [2.75, 3.05) is 6.61 Å². The third-order valence-electron chi connectivity index (χ3n) is 5.82. The number of hydrogen-bond donors (Lipinski definition) is 2. The first-order valence-corrected chi connectivity index (χ1v) is 12.6. The van der Waals surface area contributed by atoms with Crippen LogP contribution in [0.4, 0.5) is 0 Å². The molecular formula is C21H25BrNO7P. The second kappa shape index (κ2) is 8.98. The topological polar surface area (TPSA) is 127 Å². The lowest BCUT2D eigenvalue weighted by atomic mass is 9.85. The fourth-order valence-electron chi connectivity index (χ4n) is 3.92. The van der Waals surface area contributed by atoms with Crippen molar-refractivity contribution in [3.05, 3.63) is 50.8 Å². The summed E-state index contributed by atoms with van der Waals surface area (Å²) in [7, 11) is -4.66. The number of esters is 1. The summed E-state index contributed by atoms with van der Waals surface area (Å²) in [5.74, 6) is -1.03. The lowest BCUT2D eigenvalue weighted by Gasteiger charge is -2.34. The largest absolute Gasteiger partial charge is 0.461 e. The molecule has 3 rings (SSSR count). The molecule has 1 aliphatic rings. The molecule has 168 valence electrons. The molecule has 1 saturated carbocycles. The standard InChI is InChI=1S/C21H25BrNO7P/c1-4-21(5-2,31(26,27)28)15-11-13(22)9-10-14(15)18(24)16-17(20(25)29-6-3)23-30-19(16)12-7-8-12/h9-12H,4-8H2,1-3H3,(H2,26,27,28). The van der Waals surface area contributed by atoms with Gasteiger partial charge in [-0.25, -0.2) is 4.79 Å². The van der Waals surface area contributed by atoms with Gasteiger partial charge in [-0.05, 0) is 56.4 Å². The maximum Gasteiger partial charge on any atom is 0.361 e. The Morgan fingerprint density at radius 3 is 2.42 bits per heavy atom. The van der Waals surface area contributed by atoms with E-state index >= 15 is 0 Å². The Labute approximate surface area is 188 Å². The van der Waals surface area contributed by atoms with Crippen LogP contribution in [0, 0.1) is 0 Å². The molecule has 0 bridgehead atoms. The van der Waals surface area contributed by atoms with Crippen LogP contribution in [0.15, 0.2) is 27.2 Å². The van der Waals surface area contributed by atoms with E-state index in [2.05, 4.69) is 21.1 Å². The Hall–Kier alpha value is -1.80. The van der Waals surface area contributed by atoms with Gasteiger partial charge < -0.3 is 19.0 Å². The number of aromatic nitrogens is 1. The molecule has 1 fully saturated rings. The van der Waals surface area contributed by atoms with Gasteiger partial charge in [0.1, 0.15) is 5.56 Å². The van der Waals surface area contributed by atoms with Crippen LogP contribution in [0.1, 0.15) is 90.1 Å². The molecule has 0 amide bonds. The molecule has 8 nitrogen and oxygen atoms in total. The van der Waals surface area contributed by atoms with Crippen LogP contribution in [0.2, 0.25) is 0 Å². The van der Waals surface area contributed by atoms with E-state index in [1.165, 1.54) is 6.07 Å². The van der Waals surface area contributed by atoms with Gasteiger partial charge in [0.15, 0.2) is 11.5 Å². The Bertz CT molecular complexity index is 1050. The Balaban J connectivity index is 2.24. The van der Waals surface area contributed by atoms with Gasteiger partial charge in [-0.2, -0.15) is 0 Å². The van der Waals surface area contributed by atoms with Crippen molar-refractivity contribution in [2.24, 2.45) is 0 Å². The lowest BCUT2D eigenvalue weighted by Crippen LogP contribution is -2.28. The number of ether oxygens (including phenoxy) is 1. The number of halogens is 1. The smallest absolute Gasteiger partial charge is 0.361 e. The predicted octanol–water partition coefficient (Wildman–Crippen LogP) is 4.92. The second-order valence-electron chi connectivity index (χ2n) is 7.57. The van der Waals surface area contributed by atoms with Crippen LogP contribution in [0.5, 0.6) is 0 Å². The summed E-state index contributed by atoms with van der Waals surface area (Å²) in [5, 5.41) is 2.25. The van der Waals surface area contributed by atoms with E-state index in [0.29, 0.717) is 10.2 Å². The van der Waals surface area contributed by atoms with Crippen LogP contribution in [-0.4, -0.2) is 33.3 Å². The van der Waals surface area contributed by atoms with Gasteiger partial charge in [-0.1, -0.05) is 34.9 Å². The first-order chi connectivity index (χ1) is 14.6. The molecule has 1 aromatic heterocycles. The molecule has 2 N–H and O–H groups in total. The quantitative estimate of drug-likeness (QED) is 0.275. The molecule has 1 heterocycles. The lowest BCUT2D eigenvalue weighted by molar-refractivity contribution is 0.0512. The third kappa shape index (κ3) is 4.29. The van der Waals surface area contributed by atoms with Gasteiger partial charge >= 0.3 is 13.6 Å². The molecule has 31 heavy (non-hydrogen) atoms. The molecule has 0 spiro atoms. The molecule has 1 aromatic carbocycles. The van der Waals surface area contributed by atoms with Crippen LogP contribution in [0.25, 0.3) is 0 Å². The van der Waals surface area contributed by atoms with E-state index in [0.717, 1.165) is 12.8 Å². The van der Waals surface area contributed by atoms with Gasteiger partial charge in [-0.15, -0.1) is 0 Å². The third-order valence-corrected chi connectivity index (χ3v) is 8.30. The van der Waals surface area contributed by atoms with Crippen molar-refractivity contribution in [3.63, 3.8) is 0 Å². The molecule has 10 heteroatoms. The minimum Gasteiger partial charge on any atom is -0.461 e. The Kier molecular flexibility index (Phi) is 6.91. The summed E-state index contributed by atoms with van der Waals surface area (Å²) in [4.78, 5) is 46.7. The van der Waals surface area contributed by atoms with Crippen LogP contribution < -0.4 is 0 Å². The van der Waals surface area contributed by atoms with Crippen molar-refractivity contribution in [3.8, 4) is 0 Å². The van der Waals surface area contributed by atoms with E-state index in [9.17, 15) is 23.9 Å². The van der Waals surface area contributed by atoms with Gasteiger partial charge in [0.2, 0.25) is 5.69 Å². The summed E-state index contributed by atoms with van der Waals surface area (Å²) in [6, 6.07) is 4.70. The molecule has 0 saturated heterocycles. The normalized spacial score (nSPS) is 14.5. The number of nitrogens with zero attached hydrogens (tertiary/aromatic N) is 1. The maximum absolute atomic E-state index is 13.8. The summed E-state index contributed by atoms with van der Waals surface area (Å²) in [6.07, 6.45) is 1.85. The van der Waals surface area contributed by atoms with Crippen LogP contribution >= 0.6 is 23.5 Å². The molecule has 0 atom stereocenters. The highest BCUT2D eigenvalue weighted by Crippen LogP contribution is 2.62. The van der Waals surface area contributed by atoms with Crippen molar-refractivity contribution in [1.29, 1.82) is 0 Å². The first-order valence-electron chi connectivity index (χ1n) is 10.2. The summed E-state index contributed by atoms with van der Waals surface area (Å²) in [6.45, 7) is 5.10.